The maximum Gasteiger partial charge on any atom is 0.317 e. The Kier molecular flexibility index (Phi) is 3.00. The third-order valence-corrected chi connectivity index (χ3v) is 5.94. The van der Waals surface area contributed by atoms with Crippen LogP contribution in [0.1, 0.15) is 45.4 Å². The molecule has 0 aromatic rings. The SMILES string of the molecule is CCC1(OC(=O)CBr)C2CC3CC(C2)CC1C3. The third-order valence-electron chi connectivity index (χ3n) is 5.49. The first-order valence-corrected chi connectivity index (χ1v) is 8.08. The summed E-state index contributed by atoms with van der Waals surface area (Å²) < 4.78 is 5.93. The lowest BCUT2D eigenvalue weighted by Gasteiger charge is -2.60. The molecule has 0 amide bonds. The van der Waals surface area contributed by atoms with E-state index in [1.165, 1.54) is 32.1 Å². The molecular formula is C14H21BrO2. The summed E-state index contributed by atoms with van der Waals surface area (Å²) in [6, 6.07) is 0. The molecule has 0 atom stereocenters. The minimum Gasteiger partial charge on any atom is -0.458 e. The summed E-state index contributed by atoms with van der Waals surface area (Å²) in [5, 5.41) is 0.334. The highest BCUT2D eigenvalue weighted by Crippen LogP contribution is 2.60. The number of hydrogen-bond donors (Lipinski definition) is 0. The van der Waals surface area contributed by atoms with Gasteiger partial charge in [0.25, 0.3) is 0 Å². The van der Waals surface area contributed by atoms with Crippen LogP contribution in [-0.2, 0) is 9.53 Å². The van der Waals surface area contributed by atoms with Crippen molar-refractivity contribution in [1.29, 1.82) is 0 Å². The second-order valence-electron chi connectivity index (χ2n) is 6.22. The van der Waals surface area contributed by atoms with Crippen LogP contribution in [0.5, 0.6) is 0 Å². The summed E-state index contributed by atoms with van der Waals surface area (Å²) in [5.74, 6) is 3.08. The number of halogens is 1. The predicted molar refractivity (Wildman–Crippen MR) is 70.0 cm³/mol. The van der Waals surface area contributed by atoms with Crippen molar-refractivity contribution in [2.75, 3.05) is 5.33 Å². The number of carbonyl (C=O) groups excluding carboxylic acids is 1. The van der Waals surface area contributed by atoms with Gasteiger partial charge in [0.15, 0.2) is 0 Å². The van der Waals surface area contributed by atoms with Crippen LogP contribution < -0.4 is 0 Å². The molecule has 0 spiro atoms. The van der Waals surface area contributed by atoms with Gasteiger partial charge in [0.05, 0.1) is 0 Å². The Morgan fingerprint density at radius 2 is 1.71 bits per heavy atom. The molecule has 0 aromatic heterocycles. The zero-order chi connectivity index (χ0) is 12.0. The molecule has 2 nitrogen and oxygen atoms in total. The van der Waals surface area contributed by atoms with Crippen molar-refractivity contribution < 1.29 is 9.53 Å². The van der Waals surface area contributed by atoms with E-state index in [0.29, 0.717) is 17.2 Å². The number of esters is 1. The molecule has 3 heteroatoms. The fraction of sp³-hybridized carbons (Fsp3) is 0.929. The molecule has 4 saturated carbocycles. The number of alkyl halides is 1. The van der Waals surface area contributed by atoms with Crippen molar-refractivity contribution in [2.24, 2.45) is 23.7 Å². The van der Waals surface area contributed by atoms with Gasteiger partial charge in [0.2, 0.25) is 0 Å². The van der Waals surface area contributed by atoms with Crippen LogP contribution in [0.2, 0.25) is 0 Å². The summed E-state index contributed by atoms with van der Waals surface area (Å²) in [7, 11) is 0. The smallest absolute Gasteiger partial charge is 0.317 e. The van der Waals surface area contributed by atoms with Crippen LogP contribution in [0, 0.1) is 23.7 Å². The van der Waals surface area contributed by atoms with E-state index in [1.54, 1.807) is 0 Å². The van der Waals surface area contributed by atoms with E-state index in [-0.39, 0.29) is 11.6 Å². The van der Waals surface area contributed by atoms with Crippen LogP contribution in [0.25, 0.3) is 0 Å². The fourth-order valence-corrected chi connectivity index (χ4v) is 5.15. The van der Waals surface area contributed by atoms with Crippen LogP contribution >= 0.6 is 15.9 Å². The van der Waals surface area contributed by atoms with Crippen LogP contribution in [0.15, 0.2) is 0 Å². The van der Waals surface area contributed by atoms with Gasteiger partial charge in [-0.3, -0.25) is 4.79 Å². The molecule has 0 aromatic carbocycles. The van der Waals surface area contributed by atoms with E-state index >= 15 is 0 Å². The lowest BCUT2D eigenvalue weighted by atomic mass is 9.49. The Hall–Kier alpha value is -0.0500. The van der Waals surface area contributed by atoms with Crippen LogP contribution in [0.3, 0.4) is 0 Å². The highest BCUT2D eigenvalue weighted by atomic mass is 79.9. The van der Waals surface area contributed by atoms with Gasteiger partial charge >= 0.3 is 5.97 Å². The minimum atomic E-state index is -0.113. The molecule has 4 bridgehead atoms. The van der Waals surface area contributed by atoms with Gasteiger partial charge in [0.1, 0.15) is 10.9 Å². The lowest BCUT2D eigenvalue weighted by Crippen LogP contribution is -2.59. The summed E-state index contributed by atoms with van der Waals surface area (Å²) in [4.78, 5) is 11.7. The molecule has 4 aliphatic carbocycles. The average Bonchev–Trinajstić information content (AvgIpc) is 2.33. The largest absolute Gasteiger partial charge is 0.458 e. The summed E-state index contributed by atoms with van der Waals surface area (Å²) in [6.07, 6.45) is 7.65. The predicted octanol–water partition coefficient (Wildman–Crippen LogP) is 3.53. The van der Waals surface area contributed by atoms with Crippen molar-refractivity contribution >= 4 is 21.9 Å². The zero-order valence-electron chi connectivity index (χ0n) is 10.5. The second kappa shape index (κ2) is 4.25. The van der Waals surface area contributed by atoms with Gasteiger partial charge < -0.3 is 4.74 Å². The highest BCUT2D eigenvalue weighted by Gasteiger charge is 2.58. The minimum absolute atomic E-state index is 0.0701. The topological polar surface area (TPSA) is 26.3 Å². The lowest BCUT2D eigenvalue weighted by molar-refractivity contribution is -0.208. The number of hydrogen-bond acceptors (Lipinski definition) is 2. The second-order valence-corrected chi connectivity index (χ2v) is 6.78. The average molecular weight is 301 g/mol. The molecule has 4 rings (SSSR count). The molecule has 0 heterocycles. The molecule has 0 N–H and O–H groups in total. The maximum atomic E-state index is 11.7. The van der Waals surface area contributed by atoms with E-state index in [9.17, 15) is 4.79 Å². The Morgan fingerprint density at radius 1 is 1.18 bits per heavy atom. The molecule has 96 valence electrons. The molecule has 0 aliphatic heterocycles. The van der Waals surface area contributed by atoms with Crippen LogP contribution in [0.4, 0.5) is 0 Å². The summed E-state index contributed by atoms with van der Waals surface area (Å²) >= 11 is 3.22. The zero-order valence-corrected chi connectivity index (χ0v) is 12.0. The standard InChI is InChI=1S/C14H21BrO2/c1-2-14(17-13(16)8-15)11-4-9-3-10(6-11)7-12(14)5-9/h9-12H,2-8H2,1H3. The first kappa shape index (κ1) is 12.0. The van der Waals surface area contributed by atoms with Gasteiger partial charge in [-0.25, -0.2) is 0 Å². The van der Waals surface area contributed by atoms with Gasteiger partial charge in [-0.15, -0.1) is 0 Å². The molecule has 17 heavy (non-hydrogen) atoms. The maximum absolute atomic E-state index is 11.7. The summed E-state index contributed by atoms with van der Waals surface area (Å²) in [5.41, 5.74) is -0.113. The van der Waals surface area contributed by atoms with Gasteiger partial charge in [-0.05, 0) is 62.2 Å². The van der Waals surface area contributed by atoms with E-state index in [0.717, 1.165) is 18.3 Å². The van der Waals surface area contributed by atoms with Crippen molar-refractivity contribution in [3.05, 3.63) is 0 Å². The van der Waals surface area contributed by atoms with E-state index in [2.05, 4.69) is 22.9 Å². The first-order valence-electron chi connectivity index (χ1n) is 6.95. The molecule has 0 saturated heterocycles. The van der Waals surface area contributed by atoms with Crippen molar-refractivity contribution in [1.82, 2.24) is 0 Å². The quantitative estimate of drug-likeness (QED) is 0.589. The Bertz CT molecular complexity index is 298. The van der Waals surface area contributed by atoms with Gasteiger partial charge in [0, 0.05) is 0 Å². The molecule has 4 aliphatic rings. The molecule has 0 unspecified atom stereocenters. The van der Waals surface area contributed by atoms with Gasteiger partial charge in [-0.2, -0.15) is 0 Å². The summed E-state index contributed by atoms with van der Waals surface area (Å²) in [6.45, 7) is 2.20. The van der Waals surface area contributed by atoms with Crippen molar-refractivity contribution in [3.63, 3.8) is 0 Å². The van der Waals surface area contributed by atoms with E-state index < -0.39 is 0 Å². The number of ether oxygens (including phenoxy) is 1. The normalized spacial score (nSPS) is 47.2. The Labute approximate surface area is 112 Å². The van der Waals surface area contributed by atoms with E-state index in [4.69, 9.17) is 4.74 Å². The third kappa shape index (κ3) is 1.76. The van der Waals surface area contributed by atoms with Crippen molar-refractivity contribution in [2.45, 2.75) is 51.0 Å². The van der Waals surface area contributed by atoms with E-state index in [1.807, 2.05) is 0 Å². The molecule has 4 fully saturated rings. The monoisotopic (exact) mass is 300 g/mol. The Morgan fingerprint density at radius 3 is 2.12 bits per heavy atom. The van der Waals surface area contributed by atoms with Gasteiger partial charge in [-0.1, -0.05) is 22.9 Å². The first-order chi connectivity index (χ1) is 8.18. The molecule has 0 radical (unpaired) electrons. The highest BCUT2D eigenvalue weighted by molar-refractivity contribution is 9.09. The van der Waals surface area contributed by atoms with Crippen molar-refractivity contribution in [3.8, 4) is 0 Å². The number of rotatable bonds is 3. The fourth-order valence-electron chi connectivity index (χ4n) is 5.04. The molecular weight excluding hydrogens is 280 g/mol. The number of carbonyl (C=O) groups is 1. The van der Waals surface area contributed by atoms with Crippen LogP contribution in [-0.4, -0.2) is 16.9 Å². The Balaban J connectivity index is 1.86.